The Balaban J connectivity index is 1.88. The molecule has 134 valence electrons. The molecule has 0 saturated heterocycles. The molecule has 0 saturated carbocycles. The third kappa shape index (κ3) is 2.40. The van der Waals surface area contributed by atoms with E-state index >= 15 is 0 Å². The standard InChI is InChI=1S/C23H21N3O/c1-14-21-19(12-23(2,3)13-20(21)27)26(25-14)22-17-10-5-4-8-15(17)16-9-6-7-11-18(16)24-22/h4-11H,12-13H2,1-3H3. The topological polar surface area (TPSA) is 47.8 Å². The minimum absolute atomic E-state index is 0.0685. The summed E-state index contributed by atoms with van der Waals surface area (Å²) in [6.45, 7) is 6.22. The fourth-order valence-electron chi connectivity index (χ4n) is 4.36. The molecule has 27 heavy (non-hydrogen) atoms. The van der Waals surface area contributed by atoms with E-state index in [1.165, 1.54) is 0 Å². The Morgan fingerprint density at radius 3 is 2.37 bits per heavy atom. The predicted molar refractivity (Wildman–Crippen MR) is 108 cm³/mol. The third-order valence-electron chi connectivity index (χ3n) is 5.51. The predicted octanol–water partition coefficient (Wildman–Crippen LogP) is 5.04. The van der Waals surface area contributed by atoms with Gasteiger partial charge >= 0.3 is 0 Å². The Labute approximate surface area is 157 Å². The Bertz CT molecular complexity index is 1230. The molecular formula is C23H21N3O. The maximum atomic E-state index is 12.8. The number of hydrogen-bond acceptors (Lipinski definition) is 3. The van der Waals surface area contributed by atoms with Crippen LogP contribution in [0, 0.1) is 12.3 Å². The second-order valence-corrected chi connectivity index (χ2v) is 8.26. The Morgan fingerprint density at radius 2 is 1.59 bits per heavy atom. The summed E-state index contributed by atoms with van der Waals surface area (Å²) in [5, 5.41) is 8.11. The Morgan fingerprint density at radius 1 is 0.926 bits per heavy atom. The fraction of sp³-hybridized carbons (Fsp3) is 0.261. The van der Waals surface area contributed by atoms with Crippen LogP contribution in [0.3, 0.4) is 0 Å². The second-order valence-electron chi connectivity index (χ2n) is 8.26. The van der Waals surface area contributed by atoms with Gasteiger partial charge in [0.2, 0.25) is 0 Å². The van der Waals surface area contributed by atoms with Crippen molar-refractivity contribution in [3.63, 3.8) is 0 Å². The highest BCUT2D eigenvalue weighted by atomic mass is 16.1. The molecule has 4 aromatic rings. The van der Waals surface area contributed by atoms with E-state index in [1.54, 1.807) is 0 Å². The highest BCUT2D eigenvalue weighted by molar-refractivity contribution is 6.08. The van der Waals surface area contributed by atoms with Gasteiger partial charge < -0.3 is 0 Å². The summed E-state index contributed by atoms with van der Waals surface area (Å²) in [5.41, 5.74) is 3.44. The summed E-state index contributed by atoms with van der Waals surface area (Å²) in [6.07, 6.45) is 1.39. The normalized spacial score (nSPS) is 16.0. The van der Waals surface area contributed by atoms with E-state index in [-0.39, 0.29) is 11.2 Å². The van der Waals surface area contributed by atoms with Crippen LogP contribution in [-0.4, -0.2) is 20.5 Å². The first-order valence-corrected chi connectivity index (χ1v) is 9.34. The van der Waals surface area contributed by atoms with Crippen molar-refractivity contribution in [2.45, 2.75) is 33.6 Å². The van der Waals surface area contributed by atoms with Crippen LogP contribution in [-0.2, 0) is 6.42 Å². The van der Waals surface area contributed by atoms with Crippen molar-refractivity contribution in [3.05, 3.63) is 65.5 Å². The van der Waals surface area contributed by atoms with E-state index in [4.69, 9.17) is 10.1 Å². The van der Waals surface area contributed by atoms with Crippen LogP contribution >= 0.6 is 0 Å². The number of Topliss-reactive ketones (excluding diaryl/α,β-unsaturated/α-hetero) is 1. The lowest BCUT2D eigenvalue weighted by Gasteiger charge is -2.29. The quantitative estimate of drug-likeness (QED) is 0.450. The molecule has 0 bridgehead atoms. The lowest BCUT2D eigenvalue weighted by atomic mass is 9.75. The summed E-state index contributed by atoms with van der Waals surface area (Å²) in [6, 6.07) is 16.5. The van der Waals surface area contributed by atoms with Crippen molar-refractivity contribution in [2.75, 3.05) is 0 Å². The van der Waals surface area contributed by atoms with Gasteiger partial charge in [-0.3, -0.25) is 4.79 Å². The molecule has 0 unspecified atom stereocenters. The average Bonchev–Trinajstić information content (AvgIpc) is 2.96. The summed E-state index contributed by atoms with van der Waals surface area (Å²) in [4.78, 5) is 17.7. The van der Waals surface area contributed by atoms with Crippen molar-refractivity contribution < 1.29 is 4.79 Å². The number of carbonyl (C=O) groups is 1. The molecule has 1 aliphatic carbocycles. The number of pyridine rings is 1. The first-order valence-electron chi connectivity index (χ1n) is 9.34. The molecule has 0 radical (unpaired) electrons. The van der Waals surface area contributed by atoms with E-state index in [2.05, 4.69) is 38.1 Å². The van der Waals surface area contributed by atoms with E-state index in [0.717, 1.165) is 50.9 Å². The Kier molecular flexibility index (Phi) is 3.29. The minimum atomic E-state index is -0.0685. The summed E-state index contributed by atoms with van der Waals surface area (Å²) in [7, 11) is 0. The fourth-order valence-corrected chi connectivity index (χ4v) is 4.36. The van der Waals surface area contributed by atoms with Gasteiger partial charge in [0.25, 0.3) is 0 Å². The number of hydrogen-bond donors (Lipinski definition) is 0. The van der Waals surface area contributed by atoms with Crippen molar-refractivity contribution in [2.24, 2.45) is 5.41 Å². The van der Waals surface area contributed by atoms with Gasteiger partial charge in [0, 0.05) is 17.2 Å². The molecule has 0 N–H and O–H groups in total. The first kappa shape index (κ1) is 16.2. The molecule has 0 amide bonds. The van der Waals surface area contributed by atoms with E-state index in [0.29, 0.717) is 6.42 Å². The highest BCUT2D eigenvalue weighted by Gasteiger charge is 2.36. The largest absolute Gasteiger partial charge is 0.294 e. The summed E-state index contributed by atoms with van der Waals surface area (Å²) >= 11 is 0. The van der Waals surface area contributed by atoms with Gasteiger partial charge in [-0.2, -0.15) is 5.10 Å². The van der Waals surface area contributed by atoms with Crippen molar-refractivity contribution in [1.82, 2.24) is 14.8 Å². The van der Waals surface area contributed by atoms with Crippen LogP contribution in [0.2, 0.25) is 0 Å². The van der Waals surface area contributed by atoms with Crippen LogP contribution in [0.5, 0.6) is 0 Å². The molecule has 2 aromatic heterocycles. The van der Waals surface area contributed by atoms with Crippen LogP contribution in [0.15, 0.2) is 48.5 Å². The number of benzene rings is 2. The number of ketones is 1. The Hall–Kier alpha value is -3.01. The van der Waals surface area contributed by atoms with Gasteiger partial charge in [-0.15, -0.1) is 0 Å². The number of rotatable bonds is 1. The van der Waals surface area contributed by atoms with Gasteiger partial charge in [-0.25, -0.2) is 9.67 Å². The number of para-hydroxylation sites is 1. The zero-order valence-corrected chi connectivity index (χ0v) is 15.8. The number of fused-ring (bicyclic) bond motifs is 4. The van der Waals surface area contributed by atoms with Crippen molar-refractivity contribution in [1.29, 1.82) is 0 Å². The van der Waals surface area contributed by atoms with Crippen LogP contribution < -0.4 is 0 Å². The smallest absolute Gasteiger partial charge is 0.167 e. The van der Waals surface area contributed by atoms with E-state index in [1.807, 2.05) is 35.9 Å². The molecule has 4 nitrogen and oxygen atoms in total. The lowest BCUT2D eigenvalue weighted by molar-refractivity contribution is 0.0910. The molecule has 2 aromatic carbocycles. The minimum Gasteiger partial charge on any atom is -0.294 e. The second kappa shape index (κ2) is 5.49. The van der Waals surface area contributed by atoms with E-state index < -0.39 is 0 Å². The third-order valence-corrected chi connectivity index (χ3v) is 5.51. The summed E-state index contributed by atoms with van der Waals surface area (Å²) in [5.74, 6) is 0.995. The zero-order valence-electron chi connectivity index (χ0n) is 15.8. The molecule has 1 aliphatic rings. The SMILES string of the molecule is Cc1nn(-c2nc3ccccc3c3ccccc23)c2c1C(=O)CC(C)(C)C2. The summed E-state index contributed by atoms with van der Waals surface area (Å²) < 4.78 is 1.91. The maximum Gasteiger partial charge on any atom is 0.167 e. The number of aryl methyl sites for hydroxylation is 1. The molecule has 0 spiro atoms. The van der Waals surface area contributed by atoms with Gasteiger partial charge in [-0.05, 0) is 30.2 Å². The zero-order chi connectivity index (χ0) is 18.8. The number of aromatic nitrogens is 3. The van der Waals surface area contributed by atoms with Crippen LogP contribution in [0.1, 0.15) is 42.0 Å². The highest BCUT2D eigenvalue weighted by Crippen LogP contribution is 2.38. The lowest BCUT2D eigenvalue weighted by Crippen LogP contribution is -2.28. The molecule has 0 atom stereocenters. The molecule has 5 rings (SSSR count). The van der Waals surface area contributed by atoms with Crippen LogP contribution in [0.4, 0.5) is 0 Å². The van der Waals surface area contributed by atoms with Gasteiger partial charge in [0.05, 0.1) is 22.5 Å². The van der Waals surface area contributed by atoms with Gasteiger partial charge in [-0.1, -0.05) is 56.3 Å². The van der Waals surface area contributed by atoms with Crippen molar-refractivity contribution in [3.8, 4) is 5.82 Å². The average molecular weight is 355 g/mol. The van der Waals surface area contributed by atoms with Crippen LogP contribution in [0.25, 0.3) is 27.5 Å². The maximum absolute atomic E-state index is 12.8. The monoisotopic (exact) mass is 355 g/mol. The molecule has 0 fully saturated rings. The number of nitrogens with zero attached hydrogens (tertiary/aromatic N) is 3. The van der Waals surface area contributed by atoms with Gasteiger partial charge in [0.15, 0.2) is 11.6 Å². The van der Waals surface area contributed by atoms with E-state index in [9.17, 15) is 4.79 Å². The molecular weight excluding hydrogens is 334 g/mol. The number of carbonyl (C=O) groups excluding carboxylic acids is 1. The first-order chi connectivity index (χ1) is 12.9. The molecule has 0 aliphatic heterocycles. The molecule has 4 heteroatoms. The van der Waals surface area contributed by atoms with Gasteiger partial charge in [0.1, 0.15) is 0 Å². The van der Waals surface area contributed by atoms with Crippen molar-refractivity contribution >= 4 is 27.5 Å². The molecule has 2 heterocycles.